The summed E-state index contributed by atoms with van der Waals surface area (Å²) in [6.07, 6.45) is 14.4. The summed E-state index contributed by atoms with van der Waals surface area (Å²) in [6.45, 7) is 2.24. The number of nitrogens with one attached hydrogen (secondary N) is 1. The number of hydrogen-bond acceptors (Lipinski definition) is 2. The fourth-order valence-electron chi connectivity index (χ4n) is 3.27. The fourth-order valence-corrected chi connectivity index (χ4v) is 3.27. The molecule has 0 fully saturated rings. The Balaban J connectivity index is 0.00000729. The summed E-state index contributed by atoms with van der Waals surface area (Å²) in [6, 6.07) is 8.55. The zero-order valence-corrected chi connectivity index (χ0v) is 18.2. The predicted molar refractivity (Wildman–Crippen MR) is 111 cm³/mol. The summed E-state index contributed by atoms with van der Waals surface area (Å²) >= 11 is 0. The molecule has 0 bridgehead atoms. The SMILES string of the molecule is CCCCCCCCCCCCCC(=O)N[C@@H](Cc1ccccc1)C(=O)O.[Cu]. The van der Waals surface area contributed by atoms with E-state index in [4.69, 9.17) is 0 Å². The first-order valence-corrected chi connectivity index (χ1v) is 10.7. The van der Waals surface area contributed by atoms with E-state index in [1.54, 1.807) is 0 Å². The van der Waals surface area contributed by atoms with Gasteiger partial charge < -0.3 is 10.4 Å². The summed E-state index contributed by atoms with van der Waals surface area (Å²) in [7, 11) is 0. The Morgan fingerprint density at radius 2 is 1.36 bits per heavy atom. The van der Waals surface area contributed by atoms with Crippen molar-refractivity contribution < 1.29 is 31.8 Å². The first-order chi connectivity index (χ1) is 13.1. The second-order valence-corrected chi connectivity index (χ2v) is 7.43. The predicted octanol–water partition coefficient (Wildman–Crippen LogP) is 5.50. The fraction of sp³-hybridized carbons (Fsp3) is 0.652. The van der Waals surface area contributed by atoms with Crippen molar-refractivity contribution in [2.24, 2.45) is 0 Å². The Morgan fingerprint density at radius 1 is 0.857 bits per heavy atom. The summed E-state index contributed by atoms with van der Waals surface area (Å²) in [5.41, 5.74) is 0.917. The Bertz CT molecular complexity index is 522. The molecule has 0 aliphatic carbocycles. The molecule has 0 aliphatic rings. The number of unbranched alkanes of at least 4 members (excludes halogenated alkanes) is 10. The maximum atomic E-state index is 12.0. The van der Waals surface area contributed by atoms with Gasteiger partial charge in [0.1, 0.15) is 6.04 Å². The minimum atomic E-state index is -0.980. The van der Waals surface area contributed by atoms with E-state index in [0.29, 0.717) is 12.8 Å². The van der Waals surface area contributed by atoms with E-state index < -0.39 is 12.0 Å². The molecule has 1 aromatic rings. The molecular weight excluding hydrogens is 402 g/mol. The largest absolute Gasteiger partial charge is 0.480 e. The molecule has 0 saturated carbocycles. The average Bonchev–Trinajstić information content (AvgIpc) is 2.66. The van der Waals surface area contributed by atoms with E-state index in [0.717, 1.165) is 24.8 Å². The quantitative estimate of drug-likeness (QED) is 0.264. The van der Waals surface area contributed by atoms with Crippen molar-refractivity contribution >= 4 is 11.9 Å². The molecule has 28 heavy (non-hydrogen) atoms. The molecular formula is C23H37CuNO3. The van der Waals surface area contributed by atoms with Crippen molar-refractivity contribution in [1.82, 2.24) is 5.32 Å². The van der Waals surface area contributed by atoms with E-state index in [-0.39, 0.29) is 23.0 Å². The van der Waals surface area contributed by atoms with Crippen molar-refractivity contribution in [2.75, 3.05) is 0 Å². The molecule has 1 amide bonds. The first-order valence-electron chi connectivity index (χ1n) is 10.7. The molecule has 5 heteroatoms. The Hall–Kier alpha value is -1.32. The third-order valence-electron chi connectivity index (χ3n) is 4.92. The number of rotatable bonds is 16. The number of carboxylic acids is 1. The number of carbonyl (C=O) groups is 2. The number of carbonyl (C=O) groups excluding carboxylic acids is 1. The normalized spacial score (nSPS) is 11.5. The van der Waals surface area contributed by atoms with Crippen LogP contribution in [0.3, 0.4) is 0 Å². The van der Waals surface area contributed by atoms with Crippen LogP contribution in [-0.4, -0.2) is 23.0 Å². The third-order valence-corrected chi connectivity index (χ3v) is 4.92. The number of benzene rings is 1. The van der Waals surface area contributed by atoms with Gasteiger partial charge >= 0.3 is 5.97 Å². The third kappa shape index (κ3) is 13.8. The Labute approximate surface area is 181 Å². The van der Waals surface area contributed by atoms with Crippen molar-refractivity contribution in [2.45, 2.75) is 96.4 Å². The molecule has 0 spiro atoms. The number of aliphatic carboxylic acids is 1. The molecule has 0 unspecified atom stereocenters. The standard InChI is InChI=1S/C23H37NO3.Cu/c1-2-3-4-5-6-7-8-9-10-11-15-18-22(25)24-21(23(26)27)19-20-16-13-12-14-17-20;/h12-14,16-17,21H,2-11,15,18-19H2,1H3,(H,24,25)(H,26,27);/t21-;/m0./s1. The van der Waals surface area contributed by atoms with Gasteiger partial charge in [0, 0.05) is 29.9 Å². The van der Waals surface area contributed by atoms with Crippen LogP contribution in [0.2, 0.25) is 0 Å². The van der Waals surface area contributed by atoms with E-state index in [9.17, 15) is 14.7 Å². The van der Waals surface area contributed by atoms with E-state index in [1.807, 2.05) is 30.3 Å². The molecule has 0 heterocycles. The molecule has 2 N–H and O–H groups in total. The maximum absolute atomic E-state index is 12.0. The molecule has 4 nitrogen and oxygen atoms in total. The van der Waals surface area contributed by atoms with Crippen LogP contribution in [0.15, 0.2) is 30.3 Å². The zero-order chi connectivity index (χ0) is 19.7. The second kappa shape index (κ2) is 17.8. The average molecular weight is 439 g/mol. The van der Waals surface area contributed by atoms with E-state index in [1.165, 1.54) is 51.4 Å². The molecule has 1 atom stereocenters. The van der Waals surface area contributed by atoms with Crippen molar-refractivity contribution in [3.8, 4) is 0 Å². The monoisotopic (exact) mass is 438 g/mol. The van der Waals surface area contributed by atoms with Crippen molar-refractivity contribution in [1.29, 1.82) is 0 Å². The molecule has 1 radical (unpaired) electrons. The molecule has 163 valence electrons. The van der Waals surface area contributed by atoms with E-state index >= 15 is 0 Å². The van der Waals surface area contributed by atoms with Crippen LogP contribution in [0.25, 0.3) is 0 Å². The van der Waals surface area contributed by atoms with Gasteiger partial charge in [0.2, 0.25) is 5.91 Å². The summed E-state index contributed by atoms with van der Waals surface area (Å²) in [5, 5.41) is 12.0. The van der Waals surface area contributed by atoms with Crippen LogP contribution in [0.5, 0.6) is 0 Å². The molecule has 0 aliphatic heterocycles. The molecule has 0 aromatic heterocycles. The summed E-state index contributed by atoms with van der Waals surface area (Å²) in [4.78, 5) is 23.4. The van der Waals surface area contributed by atoms with Crippen LogP contribution in [0.1, 0.15) is 89.5 Å². The van der Waals surface area contributed by atoms with Gasteiger partial charge in [-0.25, -0.2) is 4.79 Å². The number of amides is 1. The van der Waals surface area contributed by atoms with Gasteiger partial charge in [-0.05, 0) is 12.0 Å². The first kappa shape index (κ1) is 26.7. The van der Waals surface area contributed by atoms with Gasteiger partial charge in [-0.3, -0.25) is 4.79 Å². The van der Waals surface area contributed by atoms with Crippen LogP contribution >= 0.6 is 0 Å². The Kier molecular flexibility index (Phi) is 16.9. The minimum Gasteiger partial charge on any atom is -0.480 e. The van der Waals surface area contributed by atoms with E-state index in [2.05, 4.69) is 12.2 Å². The number of hydrogen-bond donors (Lipinski definition) is 2. The molecule has 0 saturated heterocycles. The zero-order valence-electron chi connectivity index (χ0n) is 17.2. The second-order valence-electron chi connectivity index (χ2n) is 7.43. The van der Waals surface area contributed by atoms with Crippen LogP contribution in [0, 0.1) is 0 Å². The summed E-state index contributed by atoms with van der Waals surface area (Å²) < 4.78 is 0. The van der Waals surface area contributed by atoms with Crippen LogP contribution in [0.4, 0.5) is 0 Å². The van der Waals surface area contributed by atoms with Crippen molar-refractivity contribution in [3.05, 3.63) is 35.9 Å². The van der Waals surface area contributed by atoms with Gasteiger partial charge in [-0.2, -0.15) is 0 Å². The maximum Gasteiger partial charge on any atom is 0.326 e. The summed E-state index contributed by atoms with van der Waals surface area (Å²) in [5.74, 6) is -1.14. The van der Waals surface area contributed by atoms with Gasteiger partial charge in [0.15, 0.2) is 0 Å². The smallest absolute Gasteiger partial charge is 0.326 e. The Morgan fingerprint density at radius 3 is 1.86 bits per heavy atom. The van der Waals surface area contributed by atoms with Crippen molar-refractivity contribution in [3.63, 3.8) is 0 Å². The molecule has 1 aromatic carbocycles. The topological polar surface area (TPSA) is 66.4 Å². The number of carboxylic acid groups (broad SMARTS) is 1. The van der Waals surface area contributed by atoms with Gasteiger partial charge in [0.25, 0.3) is 0 Å². The van der Waals surface area contributed by atoms with Gasteiger partial charge in [-0.15, -0.1) is 0 Å². The molecule has 1 rings (SSSR count). The van der Waals surface area contributed by atoms with Crippen LogP contribution < -0.4 is 5.32 Å². The van der Waals surface area contributed by atoms with Crippen LogP contribution in [-0.2, 0) is 33.1 Å². The van der Waals surface area contributed by atoms with Gasteiger partial charge in [-0.1, -0.05) is 101 Å². The minimum absolute atomic E-state index is 0. The van der Waals surface area contributed by atoms with Gasteiger partial charge in [0.05, 0.1) is 0 Å².